The number of halogens is 2. The Labute approximate surface area is 157 Å². The number of hydrogen-bond acceptors (Lipinski definition) is 3. The number of hydrogen-bond donors (Lipinski definition) is 2. The van der Waals surface area contributed by atoms with Gasteiger partial charge in [-0.1, -0.05) is 11.6 Å². The molecular weight excluding hydrogens is 439 g/mol. The third kappa shape index (κ3) is 3.00. The average molecular weight is 453 g/mol. The van der Waals surface area contributed by atoms with Crippen LogP contribution in [0.5, 0.6) is 0 Å². The van der Waals surface area contributed by atoms with Crippen LogP contribution in [0.25, 0.3) is 10.9 Å². The largest absolute Gasteiger partial charge is 0.325 e. The maximum Gasteiger partial charge on any atom is 0.233 e. The summed E-state index contributed by atoms with van der Waals surface area (Å²) in [5.41, 5.74) is 2.37. The van der Waals surface area contributed by atoms with Crippen LogP contribution in [0.4, 0.5) is 5.69 Å². The summed E-state index contributed by atoms with van der Waals surface area (Å²) in [4.78, 5) is 17.2. The molecule has 0 saturated heterocycles. The molecule has 0 unspecified atom stereocenters. The summed E-state index contributed by atoms with van der Waals surface area (Å²) in [6.45, 7) is 0. The van der Waals surface area contributed by atoms with Gasteiger partial charge in [-0.15, -0.1) is 0 Å². The number of H-pyrrole nitrogens is 1. The monoisotopic (exact) mass is 452 g/mol. The number of nitrogens with zero attached hydrogens (tertiary/aromatic N) is 2. The van der Waals surface area contributed by atoms with Gasteiger partial charge in [0, 0.05) is 17.3 Å². The molecule has 2 N–H and O–H groups in total. The van der Waals surface area contributed by atoms with Crippen LogP contribution in [-0.2, 0) is 4.79 Å². The highest BCUT2D eigenvalue weighted by Gasteiger charge is 2.39. The Kier molecular flexibility index (Phi) is 4.17. The first-order valence-corrected chi connectivity index (χ1v) is 9.14. The summed E-state index contributed by atoms with van der Waals surface area (Å²) in [5.74, 6) is -0.0519. The van der Waals surface area contributed by atoms with Gasteiger partial charge in [-0.25, -0.2) is 0 Å². The van der Waals surface area contributed by atoms with Gasteiger partial charge in [0.15, 0.2) is 0 Å². The van der Waals surface area contributed by atoms with E-state index in [1.807, 2.05) is 18.2 Å². The van der Waals surface area contributed by atoms with Gasteiger partial charge in [0.2, 0.25) is 5.91 Å². The molecule has 7 heteroatoms. The first-order valence-electron chi connectivity index (χ1n) is 7.68. The van der Waals surface area contributed by atoms with Crippen molar-refractivity contribution in [3.05, 3.63) is 50.9 Å². The topological polar surface area (TPSA) is 70.7 Å². The molecule has 0 radical (unpaired) electrons. The van der Waals surface area contributed by atoms with Gasteiger partial charge in [-0.3, -0.25) is 14.9 Å². The Morgan fingerprint density at radius 3 is 2.96 bits per heavy atom. The van der Waals surface area contributed by atoms with Crippen molar-refractivity contribution in [2.24, 2.45) is 5.92 Å². The van der Waals surface area contributed by atoms with Gasteiger partial charge >= 0.3 is 0 Å². The highest BCUT2D eigenvalue weighted by Crippen LogP contribution is 2.44. The van der Waals surface area contributed by atoms with Crippen LogP contribution in [-0.4, -0.2) is 21.1 Å². The Hall–Kier alpha value is -1.67. The van der Waals surface area contributed by atoms with Gasteiger partial charge in [-0.05, 0) is 71.7 Å². The first kappa shape index (κ1) is 15.8. The molecule has 1 amide bonds. The molecular formula is C17H14ClIN4O. The van der Waals surface area contributed by atoms with Gasteiger partial charge in [-0.2, -0.15) is 5.10 Å². The molecule has 1 aliphatic rings. The quantitative estimate of drug-likeness (QED) is 0.578. The fourth-order valence-corrected chi connectivity index (χ4v) is 3.70. The molecule has 4 rings (SSSR count). The Balaban J connectivity index is 1.63. The number of carbonyl (C=O) groups is 1. The third-order valence-corrected chi connectivity index (χ3v) is 5.38. The Morgan fingerprint density at radius 1 is 1.38 bits per heavy atom. The van der Waals surface area contributed by atoms with Crippen molar-refractivity contribution >= 4 is 56.7 Å². The zero-order valence-electron chi connectivity index (χ0n) is 12.6. The Bertz CT molecular complexity index is 922. The maximum absolute atomic E-state index is 12.9. The predicted octanol–water partition coefficient (Wildman–Crippen LogP) is 4.35. The van der Waals surface area contributed by atoms with E-state index in [2.05, 4.69) is 43.1 Å². The number of anilines is 1. The SMILES string of the molecule is O=C(Nc1ccc2[nH]nc(I)c2c1)[C@@H](c1ncccc1Cl)C1CC1. The third-order valence-electron chi connectivity index (χ3n) is 4.24. The lowest BCUT2D eigenvalue weighted by atomic mass is 9.97. The smallest absolute Gasteiger partial charge is 0.233 e. The Morgan fingerprint density at radius 2 is 2.21 bits per heavy atom. The van der Waals surface area contributed by atoms with Crippen LogP contribution in [0.2, 0.25) is 5.02 Å². The summed E-state index contributed by atoms with van der Waals surface area (Å²) in [6.07, 6.45) is 3.75. The molecule has 1 aliphatic carbocycles. The van der Waals surface area contributed by atoms with Crippen molar-refractivity contribution in [2.75, 3.05) is 5.32 Å². The number of fused-ring (bicyclic) bond motifs is 1. The lowest BCUT2D eigenvalue weighted by Gasteiger charge is -2.17. The predicted molar refractivity (Wildman–Crippen MR) is 102 cm³/mol. The lowest BCUT2D eigenvalue weighted by Crippen LogP contribution is -2.23. The standard InChI is InChI=1S/C17H14ClIN4O/c18-12-2-1-7-20-15(12)14(9-3-4-9)17(24)21-10-5-6-13-11(8-10)16(19)23-22-13/h1-2,5-9,14H,3-4H2,(H,21,24)(H,22,23)/t14-/m1/s1. The molecule has 2 heterocycles. The number of aromatic nitrogens is 3. The lowest BCUT2D eigenvalue weighted by molar-refractivity contribution is -0.118. The van der Waals surface area contributed by atoms with E-state index < -0.39 is 0 Å². The van der Waals surface area contributed by atoms with Crippen LogP contribution in [0.3, 0.4) is 0 Å². The van der Waals surface area contributed by atoms with Crippen molar-refractivity contribution in [1.29, 1.82) is 0 Å². The van der Waals surface area contributed by atoms with E-state index >= 15 is 0 Å². The van der Waals surface area contributed by atoms with E-state index in [0.717, 1.165) is 33.1 Å². The van der Waals surface area contributed by atoms with Crippen molar-refractivity contribution in [3.8, 4) is 0 Å². The number of pyridine rings is 1. The fourth-order valence-electron chi connectivity index (χ4n) is 2.90. The van der Waals surface area contributed by atoms with Crippen molar-refractivity contribution in [2.45, 2.75) is 18.8 Å². The second-order valence-electron chi connectivity index (χ2n) is 5.95. The van der Waals surface area contributed by atoms with Gasteiger partial charge < -0.3 is 5.32 Å². The first-order chi connectivity index (χ1) is 11.6. The molecule has 0 aliphatic heterocycles. The summed E-state index contributed by atoms with van der Waals surface area (Å²) in [7, 11) is 0. The molecule has 1 atom stereocenters. The number of benzene rings is 1. The maximum atomic E-state index is 12.9. The van der Waals surface area contributed by atoms with Crippen molar-refractivity contribution in [1.82, 2.24) is 15.2 Å². The molecule has 2 aromatic heterocycles. The van der Waals surface area contributed by atoms with Crippen LogP contribution < -0.4 is 5.32 Å². The number of aromatic amines is 1. The molecule has 0 bridgehead atoms. The zero-order valence-corrected chi connectivity index (χ0v) is 15.5. The van der Waals surface area contributed by atoms with Gasteiger partial charge in [0.1, 0.15) is 3.70 Å². The van der Waals surface area contributed by atoms with Crippen LogP contribution in [0.1, 0.15) is 24.5 Å². The molecule has 1 saturated carbocycles. The summed E-state index contributed by atoms with van der Waals surface area (Å²) in [6, 6.07) is 9.29. The molecule has 122 valence electrons. The number of amides is 1. The van der Waals surface area contributed by atoms with E-state index in [1.54, 1.807) is 18.3 Å². The van der Waals surface area contributed by atoms with E-state index in [1.165, 1.54) is 0 Å². The van der Waals surface area contributed by atoms with E-state index in [-0.39, 0.29) is 11.8 Å². The minimum absolute atomic E-state index is 0.0593. The van der Waals surface area contributed by atoms with E-state index in [9.17, 15) is 4.79 Å². The number of carbonyl (C=O) groups excluding carboxylic acids is 1. The summed E-state index contributed by atoms with van der Waals surface area (Å²) < 4.78 is 0.880. The molecule has 3 aromatic rings. The minimum Gasteiger partial charge on any atom is -0.325 e. The average Bonchev–Trinajstić information content (AvgIpc) is 3.34. The molecule has 1 aromatic carbocycles. The summed E-state index contributed by atoms with van der Waals surface area (Å²) in [5, 5.41) is 11.7. The highest BCUT2D eigenvalue weighted by molar-refractivity contribution is 14.1. The van der Waals surface area contributed by atoms with Crippen LogP contribution in [0, 0.1) is 9.62 Å². The molecule has 1 fully saturated rings. The summed E-state index contributed by atoms with van der Waals surface area (Å²) >= 11 is 8.44. The molecule has 5 nitrogen and oxygen atoms in total. The minimum atomic E-state index is -0.308. The number of nitrogens with one attached hydrogen (secondary N) is 2. The molecule has 24 heavy (non-hydrogen) atoms. The van der Waals surface area contributed by atoms with Gasteiger partial charge in [0.05, 0.1) is 22.2 Å². The van der Waals surface area contributed by atoms with E-state index in [4.69, 9.17) is 11.6 Å². The van der Waals surface area contributed by atoms with E-state index in [0.29, 0.717) is 16.6 Å². The second-order valence-corrected chi connectivity index (χ2v) is 7.38. The van der Waals surface area contributed by atoms with Gasteiger partial charge in [0.25, 0.3) is 0 Å². The van der Waals surface area contributed by atoms with Crippen LogP contribution in [0.15, 0.2) is 36.5 Å². The molecule has 0 spiro atoms. The fraction of sp³-hybridized carbons (Fsp3) is 0.235. The van der Waals surface area contributed by atoms with Crippen molar-refractivity contribution in [3.63, 3.8) is 0 Å². The zero-order chi connectivity index (χ0) is 16.7. The van der Waals surface area contributed by atoms with Crippen LogP contribution >= 0.6 is 34.2 Å². The second kappa shape index (κ2) is 6.33. The highest BCUT2D eigenvalue weighted by atomic mass is 127. The normalized spacial score (nSPS) is 15.4. The number of rotatable bonds is 4. The van der Waals surface area contributed by atoms with Crippen molar-refractivity contribution < 1.29 is 4.79 Å².